The third-order valence-corrected chi connectivity index (χ3v) is 4.93. The van der Waals surface area contributed by atoms with Crippen LogP contribution in [0.5, 0.6) is 0 Å². The van der Waals surface area contributed by atoms with E-state index in [1.54, 1.807) is 6.07 Å². The van der Waals surface area contributed by atoms with Crippen LogP contribution in [-0.2, 0) is 11.3 Å². The van der Waals surface area contributed by atoms with E-state index < -0.39 is 0 Å². The SMILES string of the molecule is CCNC(=NCc1nc(-c2cccc(Cl)c2)no1)NC1CC2CCC1O2.I. The van der Waals surface area contributed by atoms with E-state index in [1.165, 1.54) is 6.42 Å². The van der Waals surface area contributed by atoms with Crippen LogP contribution in [0, 0.1) is 0 Å². The van der Waals surface area contributed by atoms with E-state index in [1.807, 2.05) is 25.1 Å². The molecule has 0 radical (unpaired) electrons. The van der Waals surface area contributed by atoms with Gasteiger partial charge in [0, 0.05) is 17.1 Å². The van der Waals surface area contributed by atoms with Crippen LogP contribution in [0.2, 0.25) is 5.02 Å². The molecule has 2 N–H and O–H groups in total. The first-order valence-corrected chi connectivity index (χ1v) is 9.38. The van der Waals surface area contributed by atoms with Crippen LogP contribution < -0.4 is 10.6 Å². The van der Waals surface area contributed by atoms with Gasteiger partial charge in [-0.1, -0.05) is 28.9 Å². The smallest absolute Gasteiger partial charge is 0.248 e. The van der Waals surface area contributed by atoms with Crippen molar-refractivity contribution in [3.8, 4) is 11.4 Å². The van der Waals surface area contributed by atoms with E-state index in [-0.39, 0.29) is 24.0 Å². The molecule has 2 aromatic rings. The second-order valence-corrected chi connectivity index (χ2v) is 7.01. The van der Waals surface area contributed by atoms with Crippen LogP contribution >= 0.6 is 35.6 Å². The Morgan fingerprint density at radius 1 is 1.37 bits per heavy atom. The molecule has 3 atom stereocenters. The van der Waals surface area contributed by atoms with E-state index in [0.29, 0.717) is 41.5 Å². The summed E-state index contributed by atoms with van der Waals surface area (Å²) in [7, 11) is 0. The number of guanidine groups is 1. The average molecular weight is 504 g/mol. The zero-order valence-electron chi connectivity index (χ0n) is 15.0. The van der Waals surface area contributed by atoms with Crippen molar-refractivity contribution in [2.75, 3.05) is 6.54 Å². The highest BCUT2D eigenvalue weighted by atomic mass is 127. The number of nitrogens with zero attached hydrogens (tertiary/aromatic N) is 3. The molecule has 0 saturated carbocycles. The van der Waals surface area contributed by atoms with Crippen molar-refractivity contribution in [3.63, 3.8) is 0 Å². The molecule has 9 heteroatoms. The zero-order valence-corrected chi connectivity index (χ0v) is 18.1. The van der Waals surface area contributed by atoms with Gasteiger partial charge in [-0.25, -0.2) is 4.99 Å². The van der Waals surface area contributed by atoms with E-state index in [0.717, 1.165) is 30.9 Å². The molecule has 7 nitrogen and oxygen atoms in total. The van der Waals surface area contributed by atoms with Crippen LogP contribution in [0.1, 0.15) is 32.1 Å². The van der Waals surface area contributed by atoms with Gasteiger partial charge < -0.3 is 19.9 Å². The minimum absolute atomic E-state index is 0. The van der Waals surface area contributed by atoms with E-state index >= 15 is 0 Å². The summed E-state index contributed by atoms with van der Waals surface area (Å²) in [6, 6.07) is 7.68. The van der Waals surface area contributed by atoms with Crippen molar-refractivity contribution in [2.45, 2.75) is 51.0 Å². The summed E-state index contributed by atoms with van der Waals surface area (Å²) in [6.45, 7) is 3.13. The molecule has 0 amide bonds. The fourth-order valence-corrected chi connectivity index (χ4v) is 3.69. The molecular weight excluding hydrogens is 481 g/mol. The lowest BCUT2D eigenvalue weighted by atomic mass is 9.96. The monoisotopic (exact) mass is 503 g/mol. The van der Waals surface area contributed by atoms with E-state index in [9.17, 15) is 0 Å². The predicted molar refractivity (Wildman–Crippen MR) is 114 cm³/mol. The highest BCUT2D eigenvalue weighted by Gasteiger charge is 2.41. The fourth-order valence-electron chi connectivity index (χ4n) is 3.50. The summed E-state index contributed by atoms with van der Waals surface area (Å²) in [6.07, 6.45) is 4.02. The Morgan fingerprint density at radius 2 is 2.26 bits per heavy atom. The van der Waals surface area contributed by atoms with Crippen molar-refractivity contribution in [2.24, 2.45) is 4.99 Å². The van der Waals surface area contributed by atoms with Gasteiger partial charge in [-0.05, 0) is 38.3 Å². The molecule has 3 heterocycles. The Hall–Kier alpha value is -1.39. The van der Waals surface area contributed by atoms with Crippen molar-refractivity contribution < 1.29 is 9.26 Å². The minimum atomic E-state index is 0. The zero-order chi connectivity index (χ0) is 17.9. The topological polar surface area (TPSA) is 84.6 Å². The van der Waals surface area contributed by atoms with Crippen molar-refractivity contribution in [1.82, 2.24) is 20.8 Å². The Balaban J connectivity index is 0.00000210. The number of aromatic nitrogens is 2. The second kappa shape index (κ2) is 9.20. The molecule has 0 spiro atoms. The normalized spacial score (nSPS) is 23.9. The van der Waals surface area contributed by atoms with Crippen LogP contribution in [0.25, 0.3) is 11.4 Å². The molecule has 146 valence electrons. The number of aliphatic imine (C=N–C) groups is 1. The molecule has 4 rings (SSSR count). The van der Waals surface area contributed by atoms with E-state index in [2.05, 4.69) is 25.8 Å². The van der Waals surface area contributed by atoms with Crippen molar-refractivity contribution in [1.29, 1.82) is 0 Å². The maximum absolute atomic E-state index is 6.01. The summed E-state index contributed by atoms with van der Waals surface area (Å²) < 4.78 is 11.2. The van der Waals surface area contributed by atoms with Gasteiger partial charge in [0.25, 0.3) is 0 Å². The summed E-state index contributed by atoms with van der Waals surface area (Å²) in [5.74, 6) is 1.72. The Kier molecular flexibility index (Phi) is 6.93. The van der Waals surface area contributed by atoms with Gasteiger partial charge >= 0.3 is 0 Å². The first kappa shape index (κ1) is 20.3. The third-order valence-electron chi connectivity index (χ3n) is 4.70. The third kappa shape index (κ3) is 4.91. The summed E-state index contributed by atoms with van der Waals surface area (Å²) in [5, 5.41) is 11.4. The fraction of sp³-hybridized carbons (Fsp3) is 0.500. The molecule has 2 saturated heterocycles. The molecule has 2 fully saturated rings. The summed E-state index contributed by atoms with van der Waals surface area (Å²) >= 11 is 6.01. The number of halogens is 2. The Morgan fingerprint density at radius 3 is 2.96 bits per heavy atom. The second-order valence-electron chi connectivity index (χ2n) is 6.58. The van der Waals surface area contributed by atoms with Gasteiger partial charge in [0.1, 0.15) is 6.54 Å². The number of nitrogens with one attached hydrogen (secondary N) is 2. The lowest BCUT2D eigenvalue weighted by Crippen LogP contribution is -2.47. The van der Waals surface area contributed by atoms with Gasteiger partial charge in [-0.15, -0.1) is 24.0 Å². The van der Waals surface area contributed by atoms with Crippen LogP contribution in [0.3, 0.4) is 0 Å². The van der Waals surface area contributed by atoms with Crippen LogP contribution in [0.4, 0.5) is 0 Å². The molecule has 2 aliphatic rings. The Labute approximate surface area is 180 Å². The number of fused-ring (bicyclic) bond motifs is 2. The van der Waals surface area contributed by atoms with Gasteiger partial charge in [0.2, 0.25) is 11.7 Å². The molecule has 2 aliphatic heterocycles. The molecule has 3 unspecified atom stereocenters. The highest BCUT2D eigenvalue weighted by molar-refractivity contribution is 14.0. The van der Waals surface area contributed by atoms with Crippen LogP contribution in [-0.4, -0.2) is 40.9 Å². The van der Waals surface area contributed by atoms with Gasteiger partial charge in [0.15, 0.2) is 5.96 Å². The Bertz CT molecular complexity index is 800. The standard InChI is InChI=1S/C18H22ClN5O2.HI/c1-2-20-18(22-14-9-13-6-7-15(14)25-13)21-10-16-23-17(24-26-16)11-4-3-5-12(19)8-11;/h3-5,8,13-15H,2,6-7,9-10H2,1H3,(H2,20,21,22);1H. The quantitative estimate of drug-likeness (QED) is 0.370. The first-order valence-electron chi connectivity index (χ1n) is 9.00. The predicted octanol–water partition coefficient (Wildman–Crippen LogP) is 3.38. The largest absolute Gasteiger partial charge is 0.373 e. The number of ether oxygens (including phenoxy) is 1. The molecule has 1 aromatic heterocycles. The van der Waals surface area contributed by atoms with Crippen LogP contribution in [0.15, 0.2) is 33.8 Å². The lowest BCUT2D eigenvalue weighted by Gasteiger charge is -2.22. The summed E-state index contributed by atoms with van der Waals surface area (Å²) in [4.78, 5) is 8.97. The van der Waals surface area contributed by atoms with Gasteiger partial charge in [0.05, 0.1) is 18.2 Å². The number of hydrogen-bond acceptors (Lipinski definition) is 5. The molecule has 0 aliphatic carbocycles. The molecule has 1 aromatic carbocycles. The maximum Gasteiger partial charge on any atom is 0.248 e. The molecular formula is C18H23ClIN5O2. The van der Waals surface area contributed by atoms with Gasteiger partial charge in [-0.2, -0.15) is 4.98 Å². The first-order chi connectivity index (χ1) is 12.7. The van der Waals surface area contributed by atoms with Crippen molar-refractivity contribution >= 4 is 41.5 Å². The highest BCUT2D eigenvalue weighted by Crippen LogP contribution is 2.34. The maximum atomic E-state index is 6.01. The average Bonchev–Trinajstić information content (AvgIpc) is 3.37. The van der Waals surface area contributed by atoms with Crippen molar-refractivity contribution in [3.05, 3.63) is 35.2 Å². The molecule has 2 bridgehead atoms. The summed E-state index contributed by atoms with van der Waals surface area (Å²) in [5.41, 5.74) is 0.820. The minimum Gasteiger partial charge on any atom is -0.373 e. The van der Waals surface area contributed by atoms with E-state index in [4.69, 9.17) is 20.9 Å². The number of hydrogen-bond donors (Lipinski definition) is 2. The lowest BCUT2D eigenvalue weighted by molar-refractivity contribution is 0.0992. The number of benzene rings is 1. The van der Waals surface area contributed by atoms with Gasteiger partial charge in [-0.3, -0.25) is 0 Å². The number of rotatable bonds is 5. The molecule has 27 heavy (non-hydrogen) atoms.